The molecule has 1 aliphatic heterocycles. The fourth-order valence-electron chi connectivity index (χ4n) is 2.19. The lowest BCUT2D eigenvalue weighted by Crippen LogP contribution is -2.09. The van der Waals surface area contributed by atoms with E-state index >= 15 is 0 Å². The number of hydrogen-bond donors (Lipinski definition) is 1. The van der Waals surface area contributed by atoms with Crippen LogP contribution in [-0.2, 0) is 6.42 Å². The summed E-state index contributed by atoms with van der Waals surface area (Å²) in [5.41, 5.74) is 2.14. The highest BCUT2D eigenvalue weighted by Gasteiger charge is 2.16. The van der Waals surface area contributed by atoms with Gasteiger partial charge in [0.2, 0.25) is 0 Å². The molecule has 1 aliphatic rings. The van der Waals surface area contributed by atoms with Crippen LogP contribution in [0.1, 0.15) is 28.5 Å². The van der Waals surface area contributed by atoms with Gasteiger partial charge in [0, 0.05) is 4.88 Å². The van der Waals surface area contributed by atoms with Gasteiger partial charge in [-0.15, -0.1) is 11.3 Å². The molecule has 3 rings (SSSR count). The summed E-state index contributed by atoms with van der Waals surface area (Å²) in [5, 5.41) is 10.4. The molecule has 2 nitrogen and oxygen atoms in total. The van der Waals surface area contributed by atoms with Crippen LogP contribution in [0.25, 0.3) is 0 Å². The summed E-state index contributed by atoms with van der Waals surface area (Å²) in [4.78, 5) is 0.957. The maximum atomic E-state index is 10.4. The van der Waals surface area contributed by atoms with Gasteiger partial charge in [0.15, 0.2) is 0 Å². The molecule has 0 aliphatic carbocycles. The highest BCUT2D eigenvalue weighted by Crippen LogP contribution is 2.34. The third-order valence-electron chi connectivity index (χ3n) is 3.11. The zero-order valence-corrected chi connectivity index (χ0v) is 12.1. The molecule has 1 N–H and O–H groups in total. The summed E-state index contributed by atoms with van der Waals surface area (Å²) < 4.78 is 6.62. The maximum Gasteiger partial charge on any atom is 0.122 e. The van der Waals surface area contributed by atoms with Crippen LogP contribution in [0, 0.1) is 0 Å². The number of hydrogen-bond acceptors (Lipinski definition) is 3. The molecule has 0 fully saturated rings. The van der Waals surface area contributed by atoms with E-state index in [1.165, 1.54) is 5.56 Å². The molecule has 0 saturated carbocycles. The van der Waals surface area contributed by atoms with Gasteiger partial charge in [-0.2, -0.15) is 0 Å². The van der Waals surface area contributed by atoms with Crippen LogP contribution in [0.15, 0.2) is 34.1 Å². The number of thiophene rings is 1. The molecule has 1 unspecified atom stereocenters. The van der Waals surface area contributed by atoms with Crippen LogP contribution in [0.4, 0.5) is 0 Å². The van der Waals surface area contributed by atoms with Gasteiger partial charge in [-0.05, 0) is 64.2 Å². The molecule has 2 aromatic rings. The van der Waals surface area contributed by atoms with E-state index in [0.717, 1.165) is 39.4 Å². The number of rotatable bonds is 2. The smallest absolute Gasteiger partial charge is 0.122 e. The number of aryl methyl sites for hydroxylation is 1. The SMILES string of the molecule is OC(c1ccc2c(c1)CCCO2)c1ccc(Br)s1. The first-order valence-electron chi connectivity index (χ1n) is 5.93. The normalized spacial score (nSPS) is 15.9. The molecule has 0 amide bonds. The van der Waals surface area contributed by atoms with E-state index in [1.54, 1.807) is 11.3 Å². The molecule has 4 heteroatoms. The zero-order chi connectivity index (χ0) is 12.5. The summed E-state index contributed by atoms with van der Waals surface area (Å²) in [5.74, 6) is 0.963. The van der Waals surface area contributed by atoms with E-state index in [-0.39, 0.29) is 0 Å². The van der Waals surface area contributed by atoms with E-state index in [0.29, 0.717) is 0 Å². The van der Waals surface area contributed by atoms with Crippen molar-refractivity contribution in [3.8, 4) is 5.75 Å². The number of ether oxygens (including phenoxy) is 1. The van der Waals surface area contributed by atoms with Crippen LogP contribution in [0.5, 0.6) is 5.75 Å². The van der Waals surface area contributed by atoms with Crippen LogP contribution in [0.2, 0.25) is 0 Å². The molecule has 1 aromatic carbocycles. The number of benzene rings is 1. The highest BCUT2D eigenvalue weighted by molar-refractivity contribution is 9.11. The number of halogens is 1. The summed E-state index contributed by atoms with van der Waals surface area (Å²) in [6.45, 7) is 0.798. The summed E-state index contributed by atoms with van der Waals surface area (Å²) in [7, 11) is 0. The molecule has 18 heavy (non-hydrogen) atoms. The third kappa shape index (κ3) is 2.32. The van der Waals surface area contributed by atoms with Gasteiger partial charge in [-0.3, -0.25) is 0 Å². The fourth-order valence-corrected chi connectivity index (χ4v) is 3.63. The van der Waals surface area contributed by atoms with Gasteiger partial charge >= 0.3 is 0 Å². The van der Waals surface area contributed by atoms with Crippen molar-refractivity contribution < 1.29 is 9.84 Å². The topological polar surface area (TPSA) is 29.5 Å². The van der Waals surface area contributed by atoms with Crippen LogP contribution >= 0.6 is 27.3 Å². The van der Waals surface area contributed by atoms with Crippen molar-refractivity contribution in [3.63, 3.8) is 0 Å². The van der Waals surface area contributed by atoms with E-state index in [2.05, 4.69) is 22.0 Å². The van der Waals surface area contributed by atoms with Crippen molar-refractivity contribution in [1.82, 2.24) is 0 Å². The Morgan fingerprint density at radius 1 is 1.28 bits per heavy atom. The highest BCUT2D eigenvalue weighted by atomic mass is 79.9. The minimum Gasteiger partial charge on any atom is -0.493 e. The van der Waals surface area contributed by atoms with Crippen molar-refractivity contribution in [2.75, 3.05) is 6.61 Å². The zero-order valence-electron chi connectivity index (χ0n) is 9.73. The Morgan fingerprint density at radius 3 is 2.94 bits per heavy atom. The van der Waals surface area contributed by atoms with Gasteiger partial charge in [-0.1, -0.05) is 6.07 Å². The minimum atomic E-state index is -0.548. The van der Waals surface area contributed by atoms with Gasteiger partial charge in [0.25, 0.3) is 0 Å². The number of aliphatic hydroxyl groups is 1. The van der Waals surface area contributed by atoms with Crippen molar-refractivity contribution in [2.24, 2.45) is 0 Å². The van der Waals surface area contributed by atoms with Crippen molar-refractivity contribution >= 4 is 27.3 Å². The lowest BCUT2D eigenvalue weighted by Gasteiger charge is -2.19. The summed E-state index contributed by atoms with van der Waals surface area (Å²) >= 11 is 4.98. The average Bonchev–Trinajstić information content (AvgIpc) is 2.84. The van der Waals surface area contributed by atoms with E-state index in [4.69, 9.17) is 4.74 Å². The van der Waals surface area contributed by atoms with Gasteiger partial charge in [-0.25, -0.2) is 0 Å². The Morgan fingerprint density at radius 2 is 2.17 bits per heavy atom. The third-order valence-corrected chi connectivity index (χ3v) is 4.79. The summed E-state index contributed by atoms with van der Waals surface area (Å²) in [6.07, 6.45) is 1.54. The summed E-state index contributed by atoms with van der Waals surface area (Å²) in [6, 6.07) is 9.89. The van der Waals surface area contributed by atoms with Crippen LogP contribution in [0.3, 0.4) is 0 Å². The van der Waals surface area contributed by atoms with Crippen LogP contribution < -0.4 is 4.74 Å². The molecule has 2 heterocycles. The Kier molecular flexibility index (Phi) is 3.41. The predicted molar refractivity (Wildman–Crippen MR) is 76.3 cm³/mol. The molecule has 0 saturated heterocycles. The largest absolute Gasteiger partial charge is 0.493 e. The standard InChI is InChI=1S/C14H13BrO2S/c15-13-6-5-12(18-13)14(16)10-3-4-11-9(8-10)2-1-7-17-11/h3-6,8,14,16H,1-2,7H2. The first kappa shape index (κ1) is 12.2. The van der Waals surface area contributed by atoms with Crippen LogP contribution in [-0.4, -0.2) is 11.7 Å². The molecule has 94 valence electrons. The lowest BCUT2D eigenvalue weighted by molar-refractivity contribution is 0.223. The first-order chi connectivity index (χ1) is 8.74. The van der Waals surface area contributed by atoms with Crippen molar-refractivity contribution in [2.45, 2.75) is 18.9 Å². The maximum absolute atomic E-state index is 10.4. The quantitative estimate of drug-likeness (QED) is 0.907. The van der Waals surface area contributed by atoms with E-state index < -0.39 is 6.10 Å². The first-order valence-corrected chi connectivity index (χ1v) is 7.54. The Bertz CT molecular complexity index is 565. The Labute approximate surface area is 118 Å². The monoisotopic (exact) mass is 324 g/mol. The van der Waals surface area contributed by atoms with E-state index in [9.17, 15) is 5.11 Å². The number of fused-ring (bicyclic) bond motifs is 1. The second-order valence-corrected chi connectivity index (χ2v) is 6.86. The number of aliphatic hydroxyl groups excluding tert-OH is 1. The van der Waals surface area contributed by atoms with Crippen molar-refractivity contribution in [3.05, 3.63) is 50.1 Å². The fraction of sp³-hybridized carbons (Fsp3) is 0.286. The van der Waals surface area contributed by atoms with Gasteiger partial charge < -0.3 is 9.84 Å². The molecular weight excluding hydrogens is 312 g/mol. The molecule has 1 atom stereocenters. The molecular formula is C14H13BrO2S. The van der Waals surface area contributed by atoms with E-state index in [1.807, 2.05) is 24.3 Å². The second kappa shape index (κ2) is 5.03. The minimum absolute atomic E-state index is 0.548. The predicted octanol–water partition coefficient (Wildman–Crippen LogP) is 3.92. The van der Waals surface area contributed by atoms with Gasteiger partial charge in [0.1, 0.15) is 11.9 Å². The molecule has 0 spiro atoms. The molecule has 0 radical (unpaired) electrons. The Balaban J connectivity index is 1.92. The van der Waals surface area contributed by atoms with Crippen molar-refractivity contribution in [1.29, 1.82) is 0 Å². The Hall–Kier alpha value is -0.840. The molecule has 1 aromatic heterocycles. The second-order valence-electron chi connectivity index (χ2n) is 4.36. The van der Waals surface area contributed by atoms with Gasteiger partial charge in [0.05, 0.1) is 10.4 Å². The average molecular weight is 325 g/mol. The molecule has 0 bridgehead atoms. The lowest BCUT2D eigenvalue weighted by atomic mass is 10.00.